The predicted octanol–water partition coefficient (Wildman–Crippen LogP) is 2.78. The van der Waals surface area contributed by atoms with Gasteiger partial charge in [-0.1, -0.05) is 13.3 Å². The number of esters is 1. The second kappa shape index (κ2) is 13.5. The van der Waals surface area contributed by atoms with Crippen molar-refractivity contribution in [2.45, 2.75) is 71.5 Å². The van der Waals surface area contributed by atoms with Crippen LogP contribution in [0.15, 0.2) is 0 Å². The first-order valence-corrected chi connectivity index (χ1v) is 8.06. The van der Waals surface area contributed by atoms with Gasteiger partial charge < -0.3 is 19.3 Å². The molecule has 6 nitrogen and oxygen atoms in total. The van der Waals surface area contributed by atoms with E-state index in [-0.39, 0.29) is 31.0 Å². The van der Waals surface area contributed by atoms with Crippen molar-refractivity contribution in [3.05, 3.63) is 0 Å². The fraction of sp³-hybridized carbons (Fsp3) is 0.875. The van der Waals surface area contributed by atoms with E-state index in [4.69, 9.17) is 19.3 Å². The Morgan fingerprint density at radius 3 is 2.32 bits per heavy atom. The lowest BCUT2D eigenvalue weighted by atomic mass is 10.2. The molecule has 0 aromatic rings. The third kappa shape index (κ3) is 13.8. The van der Waals surface area contributed by atoms with E-state index in [1.54, 1.807) is 6.92 Å². The number of unbranched alkanes of at least 4 members (excludes halogenated alkanes) is 2. The summed E-state index contributed by atoms with van der Waals surface area (Å²) in [4.78, 5) is 21.9. The maximum absolute atomic E-state index is 11.5. The third-order valence-corrected chi connectivity index (χ3v) is 2.96. The van der Waals surface area contributed by atoms with E-state index >= 15 is 0 Å². The molecule has 1 N–H and O–H groups in total. The van der Waals surface area contributed by atoms with Crippen LogP contribution < -0.4 is 0 Å². The second-order valence-electron chi connectivity index (χ2n) is 5.47. The molecular weight excluding hydrogens is 288 g/mol. The molecule has 0 fully saturated rings. The van der Waals surface area contributed by atoms with Gasteiger partial charge in [-0.15, -0.1) is 0 Å². The maximum atomic E-state index is 11.5. The lowest BCUT2D eigenvalue weighted by Gasteiger charge is -2.17. The highest BCUT2D eigenvalue weighted by molar-refractivity contribution is 5.70. The van der Waals surface area contributed by atoms with Gasteiger partial charge in [0, 0.05) is 19.4 Å². The summed E-state index contributed by atoms with van der Waals surface area (Å²) in [5.74, 6) is -1.15. The highest BCUT2D eigenvalue weighted by Crippen LogP contribution is 2.04. The molecular formula is C16H30O6. The minimum Gasteiger partial charge on any atom is -0.481 e. The first-order chi connectivity index (χ1) is 10.5. The molecule has 0 aliphatic rings. The fourth-order valence-electron chi connectivity index (χ4n) is 1.71. The molecule has 0 aromatic carbocycles. The average Bonchev–Trinajstić information content (AvgIpc) is 2.46. The summed E-state index contributed by atoms with van der Waals surface area (Å²) < 4.78 is 16.2. The Hall–Kier alpha value is -1.14. The van der Waals surface area contributed by atoms with Crippen LogP contribution in [-0.2, 0) is 23.8 Å². The molecule has 2 atom stereocenters. The topological polar surface area (TPSA) is 82.1 Å². The van der Waals surface area contributed by atoms with E-state index in [1.807, 2.05) is 6.92 Å². The Morgan fingerprint density at radius 1 is 1.00 bits per heavy atom. The van der Waals surface area contributed by atoms with Gasteiger partial charge in [-0.2, -0.15) is 0 Å². The number of ether oxygens (including phenoxy) is 3. The largest absolute Gasteiger partial charge is 0.481 e. The molecule has 6 heteroatoms. The Bertz CT molecular complexity index is 305. The molecule has 0 amide bonds. The molecule has 0 radical (unpaired) electrons. The lowest BCUT2D eigenvalue weighted by molar-refractivity contribution is -0.153. The molecule has 0 spiro atoms. The molecule has 0 rings (SSSR count). The molecule has 130 valence electrons. The van der Waals surface area contributed by atoms with E-state index in [1.165, 1.54) is 0 Å². The van der Waals surface area contributed by atoms with Gasteiger partial charge in [-0.05, 0) is 33.1 Å². The van der Waals surface area contributed by atoms with Crippen LogP contribution in [0.4, 0.5) is 0 Å². The smallest absolute Gasteiger partial charge is 0.306 e. The molecule has 0 aromatic heterocycles. The Labute approximate surface area is 133 Å². The number of hydrogen-bond acceptors (Lipinski definition) is 5. The van der Waals surface area contributed by atoms with Crippen LogP contribution in [0.5, 0.6) is 0 Å². The SMILES string of the molecule is CCCCOCC(C)OCC(C)OC(=O)CCCCC(=O)O. The van der Waals surface area contributed by atoms with Crippen molar-refractivity contribution in [3.8, 4) is 0 Å². The number of hydrogen-bond donors (Lipinski definition) is 1. The standard InChI is InChI=1S/C16H30O6/c1-4-5-10-20-11-13(2)21-12-14(3)22-16(19)9-7-6-8-15(17)18/h13-14H,4-12H2,1-3H3,(H,17,18). The molecule has 0 aliphatic heterocycles. The fourth-order valence-corrected chi connectivity index (χ4v) is 1.71. The van der Waals surface area contributed by atoms with Crippen molar-refractivity contribution in [2.75, 3.05) is 19.8 Å². The summed E-state index contributed by atoms with van der Waals surface area (Å²) in [7, 11) is 0. The quantitative estimate of drug-likeness (QED) is 0.392. The highest BCUT2D eigenvalue weighted by Gasteiger charge is 2.12. The predicted molar refractivity (Wildman–Crippen MR) is 82.8 cm³/mol. The van der Waals surface area contributed by atoms with Crippen LogP contribution in [0.2, 0.25) is 0 Å². The number of carboxylic acid groups (broad SMARTS) is 1. The van der Waals surface area contributed by atoms with E-state index in [9.17, 15) is 9.59 Å². The van der Waals surface area contributed by atoms with Gasteiger partial charge in [-0.3, -0.25) is 9.59 Å². The monoisotopic (exact) mass is 318 g/mol. The maximum Gasteiger partial charge on any atom is 0.306 e. The van der Waals surface area contributed by atoms with Crippen LogP contribution in [-0.4, -0.2) is 49.1 Å². The molecule has 0 bridgehead atoms. The number of carbonyl (C=O) groups excluding carboxylic acids is 1. The second-order valence-corrected chi connectivity index (χ2v) is 5.47. The summed E-state index contributed by atoms with van der Waals surface area (Å²) in [6.07, 6.45) is 3.15. The summed E-state index contributed by atoms with van der Waals surface area (Å²) >= 11 is 0. The van der Waals surface area contributed by atoms with Crippen LogP contribution in [0.3, 0.4) is 0 Å². The van der Waals surface area contributed by atoms with Gasteiger partial charge in [0.15, 0.2) is 0 Å². The summed E-state index contributed by atoms with van der Waals surface area (Å²) in [6.45, 7) is 7.42. The van der Waals surface area contributed by atoms with Gasteiger partial charge in [0.25, 0.3) is 0 Å². The molecule has 0 aliphatic carbocycles. The van der Waals surface area contributed by atoms with Gasteiger partial charge in [0.05, 0.1) is 19.3 Å². The van der Waals surface area contributed by atoms with Crippen molar-refractivity contribution in [3.63, 3.8) is 0 Å². The Morgan fingerprint density at radius 2 is 1.68 bits per heavy atom. The zero-order chi connectivity index (χ0) is 16.8. The summed E-state index contributed by atoms with van der Waals surface area (Å²) in [5, 5.41) is 8.49. The van der Waals surface area contributed by atoms with Crippen LogP contribution in [0.1, 0.15) is 59.3 Å². The molecule has 2 unspecified atom stereocenters. The molecule has 22 heavy (non-hydrogen) atoms. The summed E-state index contributed by atoms with van der Waals surface area (Å²) in [5.41, 5.74) is 0. The van der Waals surface area contributed by atoms with Crippen molar-refractivity contribution in [1.29, 1.82) is 0 Å². The Balaban J connectivity index is 3.59. The first kappa shape index (κ1) is 20.9. The van der Waals surface area contributed by atoms with E-state index in [2.05, 4.69) is 6.92 Å². The van der Waals surface area contributed by atoms with Crippen molar-refractivity contribution < 1.29 is 28.9 Å². The summed E-state index contributed by atoms with van der Waals surface area (Å²) in [6, 6.07) is 0. The average molecular weight is 318 g/mol. The Kier molecular flexibility index (Phi) is 12.8. The van der Waals surface area contributed by atoms with Crippen LogP contribution >= 0.6 is 0 Å². The van der Waals surface area contributed by atoms with E-state index in [0.29, 0.717) is 26.1 Å². The van der Waals surface area contributed by atoms with Crippen LogP contribution in [0, 0.1) is 0 Å². The molecule has 0 saturated heterocycles. The minimum atomic E-state index is -0.842. The van der Waals surface area contributed by atoms with Crippen molar-refractivity contribution >= 4 is 11.9 Å². The normalized spacial score (nSPS) is 13.6. The molecule has 0 saturated carbocycles. The number of rotatable bonds is 14. The zero-order valence-electron chi connectivity index (χ0n) is 14.0. The highest BCUT2D eigenvalue weighted by atomic mass is 16.6. The van der Waals surface area contributed by atoms with Gasteiger partial charge in [-0.25, -0.2) is 0 Å². The zero-order valence-corrected chi connectivity index (χ0v) is 14.0. The van der Waals surface area contributed by atoms with E-state index in [0.717, 1.165) is 19.4 Å². The van der Waals surface area contributed by atoms with Crippen molar-refractivity contribution in [1.82, 2.24) is 0 Å². The number of aliphatic carboxylic acids is 1. The molecule has 0 heterocycles. The minimum absolute atomic E-state index is 0.0337. The van der Waals surface area contributed by atoms with Gasteiger partial charge in [0.1, 0.15) is 6.10 Å². The van der Waals surface area contributed by atoms with Gasteiger partial charge in [0.2, 0.25) is 0 Å². The van der Waals surface area contributed by atoms with Gasteiger partial charge >= 0.3 is 11.9 Å². The third-order valence-electron chi connectivity index (χ3n) is 2.96. The van der Waals surface area contributed by atoms with E-state index < -0.39 is 5.97 Å². The number of carbonyl (C=O) groups is 2. The first-order valence-electron chi connectivity index (χ1n) is 8.06. The lowest BCUT2D eigenvalue weighted by Crippen LogP contribution is -2.25. The van der Waals surface area contributed by atoms with Crippen LogP contribution in [0.25, 0.3) is 0 Å². The number of carboxylic acids is 1. The van der Waals surface area contributed by atoms with Crippen molar-refractivity contribution in [2.24, 2.45) is 0 Å².